The molecule has 0 saturated carbocycles. The highest BCUT2D eigenvalue weighted by molar-refractivity contribution is 7.80. The zero-order chi connectivity index (χ0) is 17.1. The molecule has 0 bridgehead atoms. The van der Waals surface area contributed by atoms with E-state index in [2.05, 4.69) is 5.32 Å². The number of rotatable bonds is 1. The third-order valence-corrected chi connectivity index (χ3v) is 5.83. The minimum atomic E-state index is -1.11. The van der Waals surface area contributed by atoms with Gasteiger partial charge in [0.1, 0.15) is 23.2 Å². The minimum Gasteiger partial charge on any atom is -0.497 e. The molecule has 0 radical (unpaired) electrons. The van der Waals surface area contributed by atoms with Gasteiger partial charge < -0.3 is 19.5 Å². The van der Waals surface area contributed by atoms with Crippen LogP contribution in [0.15, 0.2) is 18.2 Å². The summed E-state index contributed by atoms with van der Waals surface area (Å²) in [6.45, 7) is 2.52. The van der Waals surface area contributed by atoms with Crippen LogP contribution in [0, 0.1) is 0 Å². The van der Waals surface area contributed by atoms with Gasteiger partial charge in [-0.05, 0) is 50.2 Å². The number of amides is 1. The number of benzene rings is 1. The van der Waals surface area contributed by atoms with Gasteiger partial charge in [-0.2, -0.15) is 0 Å². The average Bonchev–Trinajstić information content (AvgIpc) is 2.82. The number of nitrogens with one attached hydrogen (secondary N) is 1. The molecule has 24 heavy (non-hydrogen) atoms. The van der Waals surface area contributed by atoms with Crippen LogP contribution in [0.3, 0.4) is 0 Å². The van der Waals surface area contributed by atoms with Gasteiger partial charge in [-0.15, -0.1) is 0 Å². The van der Waals surface area contributed by atoms with Gasteiger partial charge in [-0.1, -0.05) is 0 Å². The van der Waals surface area contributed by atoms with Crippen molar-refractivity contribution in [3.8, 4) is 11.5 Å². The molecule has 0 unspecified atom stereocenters. The number of likely N-dealkylation sites (N-methyl/N-ethyl adjacent to an activating group) is 1. The van der Waals surface area contributed by atoms with Crippen LogP contribution in [0.1, 0.15) is 25.3 Å². The highest BCUT2D eigenvalue weighted by Gasteiger charge is 2.69. The number of fused-ring (bicyclic) bond motifs is 4. The smallest absolute Gasteiger partial charge is 0.262 e. The van der Waals surface area contributed by atoms with E-state index in [1.807, 2.05) is 25.1 Å². The van der Waals surface area contributed by atoms with Gasteiger partial charge in [0.2, 0.25) is 0 Å². The number of nitrogens with zero attached hydrogens (tertiary/aromatic N) is 1. The summed E-state index contributed by atoms with van der Waals surface area (Å²) in [6, 6.07) is 5.52. The highest BCUT2D eigenvalue weighted by atomic mass is 32.1. The first-order chi connectivity index (χ1) is 11.4. The van der Waals surface area contributed by atoms with E-state index in [0.717, 1.165) is 12.8 Å². The molecule has 3 atom stereocenters. The molecule has 3 heterocycles. The lowest BCUT2D eigenvalue weighted by atomic mass is 9.68. The molecule has 1 N–H and O–H groups in total. The molecule has 128 valence electrons. The van der Waals surface area contributed by atoms with Gasteiger partial charge in [-0.25, -0.2) is 0 Å². The summed E-state index contributed by atoms with van der Waals surface area (Å²) in [7, 11) is 3.28. The van der Waals surface area contributed by atoms with Gasteiger partial charge in [0.05, 0.1) is 7.11 Å². The number of ether oxygens (including phenoxy) is 3. The Bertz CT molecular complexity index is 739. The Labute approximate surface area is 146 Å². The van der Waals surface area contributed by atoms with Crippen LogP contribution in [0.2, 0.25) is 0 Å². The third-order valence-electron chi connectivity index (χ3n) is 5.46. The first kappa shape index (κ1) is 15.7. The molecule has 3 aliphatic rings. The SMILES string of the molecule is COc1ccc2c(c1)[C@]1(NC(=S)N(C)C1=O)[C@@]1(C)OCCC[C@@H]1O2. The molecule has 1 amide bonds. The molecule has 6 nitrogen and oxygen atoms in total. The van der Waals surface area contributed by atoms with Gasteiger partial charge in [0.25, 0.3) is 5.91 Å². The van der Waals surface area contributed by atoms with Crippen molar-refractivity contribution >= 4 is 23.2 Å². The van der Waals surface area contributed by atoms with E-state index >= 15 is 0 Å². The summed E-state index contributed by atoms with van der Waals surface area (Å²) in [6.07, 6.45) is 1.50. The van der Waals surface area contributed by atoms with Crippen LogP contribution in [0.5, 0.6) is 11.5 Å². The zero-order valence-electron chi connectivity index (χ0n) is 13.9. The Hall–Kier alpha value is -1.86. The lowest BCUT2D eigenvalue weighted by Gasteiger charge is -2.53. The summed E-state index contributed by atoms with van der Waals surface area (Å²) in [5, 5.41) is 3.66. The van der Waals surface area contributed by atoms with Crippen molar-refractivity contribution in [2.45, 2.75) is 37.0 Å². The van der Waals surface area contributed by atoms with E-state index in [4.69, 9.17) is 26.4 Å². The van der Waals surface area contributed by atoms with E-state index < -0.39 is 11.1 Å². The maximum absolute atomic E-state index is 13.3. The van der Waals surface area contributed by atoms with E-state index in [0.29, 0.717) is 28.8 Å². The fourth-order valence-electron chi connectivity index (χ4n) is 4.06. The second kappa shape index (κ2) is 5.07. The Kier molecular flexibility index (Phi) is 3.30. The van der Waals surface area contributed by atoms with E-state index in [-0.39, 0.29) is 12.0 Å². The summed E-state index contributed by atoms with van der Waals surface area (Å²) >= 11 is 5.37. The Morgan fingerprint density at radius 2 is 2.25 bits per heavy atom. The topological polar surface area (TPSA) is 60.0 Å². The van der Waals surface area contributed by atoms with Gasteiger partial charge >= 0.3 is 0 Å². The lowest BCUT2D eigenvalue weighted by molar-refractivity contribution is -0.194. The molecule has 2 saturated heterocycles. The number of carbonyl (C=O) groups excluding carboxylic acids is 1. The van der Waals surface area contributed by atoms with Crippen molar-refractivity contribution in [2.75, 3.05) is 20.8 Å². The van der Waals surface area contributed by atoms with E-state index in [9.17, 15) is 4.79 Å². The van der Waals surface area contributed by atoms with Crippen molar-refractivity contribution in [1.29, 1.82) is 0 Å². The predicted octanol–water partition coefficient (Wildman–Crippen LogP) is 1.57. The lowest BCUT2D eigenvalue weighted by Crippen LogP contribution is -2.71. The minimum absolute atomic E-state index is 0.125. The molecular formula is C17H20N2O4S. The molecule has 0 aliphatic carbocycles. The maximum atomic E-state index is 13.3. The van der Waals surface area contributed by atoms with E-state index in [1.54, 1.807) is 14.2 Å². The van der Waals surface area contributed by atoms with Gasteiger partial charge in [-0.3, -0.25) is 9.69 Å². The normalized spacial score (nSPS) is 34.5. The van der Waals surface area contributed by atoms with Gasteiger partial charge in [0.15, 0.2) is 10.7 Å². The molecule has 1 aromatic rings. The largest absolute Gasteiger partial charge is 0.497 e. The molecule has 4 rings (SSSR count). The van der Waals surface area contributed by atoms with Crippen molar-refractivity contribution < 1.29 is 19.0 Å². The second-order valence-electron chi connectivity index (χ2n) is 6.61. The Balaban J connectivity index is 2.00. The number of methoxy groups -OCH3 is 1. The highest BCUT2D eigenvalue weighted by Crippen LogP contribution is 2.53. The van der Waals surface area contributed by atoms with Crippen LogP contribution in [0.25, 0.3) is 0 Å². The van der Waals surface area contributed by atoms with Crippen LogP contribution >= 0.6 is 12.2 Å². The third kappa shape index (κ3) is 1.74. The summed E-state index contributed by atoms with van der Waals surface area (Å²) < 4.78 is 17.7. The average molecular weight is 348 g/mol. The Morgan fingerprint density at radius 3 is 2.92 bits per heavy atom. The predicted molar refractivity (Wildman–Crippen MR) is 91.2 cm³/mol. The van der Waals surface area contributed by atoms with Crippen LogP contribution in [-0.2, 0) is 15.1 Å². The number of hydrogen-bond donors (Lipinski definition) is 1. The molecule has 1 spiro atoms. The van der Waals surface area contributed by atoms with Crippen LogP contribution < -0.4 is 14.8 Å². The standard InChI is InChI=1S/C17H20N2O4S/c1-16-13(5-4-8-22-16)23-12-7-6-10(21-3)9-11(12)17(16)14(20)19(2)15(24)18-17/h6-7,9,13H,4-5,8H2,1-3H3,(H,18,24)/t13-,16-,17+/m0/s1. The summed E-state index contributed by atoms with van der Waals surface area (Å²) in [5.41, 5.74) is -1.25. The molecule has 2 fully saturated rings. The van der Waals surface area contributed by atoms with Gasteiger partial charge in [0, 0.05) is 19.2 Å². The fraction of sp³-hybridized carbons (Fsp3) is 0.529. The van der Waals surface area contributed by atoms with Crippen molar-refractivity contribution in [3.63, 3.8) is 0 Å². The second-order valence-corrected chi connectivity index (χ2v) is 7.00. The molecule has 0 aromatic heterocycles. The van der Waals surface area contributed by atoms with Crippen molar-refractivity contribution in [3.05, 3.63) is 23.8 Å². The van der Waals surface area contributed by atoms with Crippen LogP contribution in [0.4, 0.5) is 0 Å². The summed E-state index contributed by atoms with van der Waals surface area (Å²) in [4.78, 5) is 14.8. The first-order valence-electron chi connectivity index (χ1n) is 8.03. The summed E-state index contributed by atoms with van der Waals surface area (Å²) in [5.74, 6) is 1.20. The van der Waals surface area contributed by atoms with E-state index in [1.165, 1.54) is 4.90 Å². The fourth-order valence-corrected chi connectivity index (χ4v) is 4.29. The van der Waals surface area contributed by atoms with Crippen LogP contribution in [-0.4, -0.2) is 48.4 Å². The molecule has 1 aromatic carbocycles. The molecule has 3 aliphatic heterocycles. The first-order valence-corrected chi connectivity index (χ1v) is 8.44. The maximum Gasteiger partial charge on any atom is 0.262 e. The van der Waals surface area contributed by atoms with Crippen molar-refractivity contribution in [1.82, 2.24) is 10.2 Å². The quantitative estimate of drug-likeness (QED) is 0.778. The number of thiocarbonyl (C=S) groups is 1. The Morgan fingerprint density at radius 1 is 1.46 bits per heavy atom. The molecular weight excluding hydrogens is 328 g/mol. The zero-order valence-corrected chi connectivity index (χ0v) is 14.7. The number of carbonyl (C=O) groups is 1. The van der Waals surface area contributed by atoms with Crippen molar-refractivity contribution in [2.24, 2.45) is 0 Å². The monoisotopic (exact) mass is 348 g/mol. The molecule has 7 heteroatoms. The number of hydrogen-bond acceptors (Lipinski definition) is 5.